The average Bonchev–Trinajstić information content (AvgIpc) is 3.28. The lowest BCUT2D eigenvalue weighted by molar-refractivity contribution is -0.137. The molecule has 3 aromatic rings. The molecular formula is C18H17F3N4O2S. The number of halogens is 3. The number of rotatable bonds is 6. The van der Waals surface area contributed by atoms with Crippen LogP contribution in [0.15, 0.2) is 34.2 Å². The second-order valence-electron chi connectivity index (χ2n) is 6.10. The Labute approximate surface area is 162 Å². The van der Waals surface area contributed by atoms with Gasteiger partial charge in [0, 0.05) is 17.9 Å². The summed E-state index contributed by atoms with van der Waals surface area (Å²) < 4.78 is 42.9. The largest absolute Gasteiger partial charge is 0.416 e. The van der Waals surface area contributed by atoms with Crippen molar-refractivity contribution >= 4 is 17.2 Å². The van der Waals surface area contributed by atoms with Gasteiger partial charge in [-0.1, -0.05) is 24.2 Å². The molecule has 3 rings (SSSR count). The summed E-state index contributed by atoms with van der Waals surface area (Å²) in [5.74, 6) is 0.582. The summed E-state index contributed by atoms with van der Waals surface area (Å²) in [4.78, 5) is 20.8. The number of carbonyl (C=O) groups is 1. The Morgan fingerprint density at radius 1 is 1.25 bits per heavy atom. The highest BCUT2D eigenvalue weighted by molar-refractivity contribution is 7.13. The monoisotopic (exact) mass is 410 g/mol. The molecule has 0 spiro atoms. The molecule has 1 amide bonds. The lowest BCUT2D eigenvalue weighted by Gasteiger charge is -2.12. The standard InChI is InChI=1S/C18H17F3N4O2S/c1-3-14(16-22-10(2)27-25-16)24-15(26)8-13-9-28-17(23-13)11-4-6-12(7-5-11)18(19,20)21/h4-7,9,14H,3,8H2,1-2H3,(H,24,26)/t14-/m0/s1. The Kier molecular flexibility index (Phi) is 5.78. The van der Waals surface area contributed by atoms with Crippen LogP contribution in [0.5, 0.6) is 0 Å². The normalized spacial score (nSPS) is 12.8. The third-order valence-electron chi connectivity index (χ3n) is 3.95. The molecule has 10 heteroatoms. The van der Waals surface area contributed by atoms with Crippen LogP contribution in [0, 0.1) is 6.92 Å². The van der Waals surface area contributed by atoms with Gasteiger partial charge in [-0.05, 0) is 18.6 Å². The van der Waals surface area contributed by atoms with E-state index in [1.807, 2.05) is 6.92 Å². The Balaban J connectivity index is 1.64. The summed E-state index contributed by atoms with van der Waals surface area (Å²) in [6.07, 6.45) is -3.74. The minimum atomic E-state index is -4.38. The third kappa shape index (κ3) is 4.75. The lowest BCUT2D eigenvalue weighted by atomic mass is 10.1. The highest BCUT2D eigenvalue weighted by atomic mass is 32.1. The van der Waals surface area contributed by atoms with Crippen LogP contribution in [0.3, 0.4) is 0 Å². The molecule has 0 aliphatic carbocycles. The van der Waals surface area contributed by atoms with Crippen LogP contribution in [-0.2, 0) is 17.4 Å². The number of carbonyl (C=O) groups excluding carboxylic acids is 1. The van der Waals surface area contributed by atoms with Crippen LogP contribution in [-0.4, -0.2) is 21.0 Å². The zero-order valence-electron chi connectivity index (χ0n) is 15.1. The Bertz CT molecular complexity index is 950. The molecule has 148 valence electrons. The number of thiazole rings is 1. The van der Waals surface area contributed by atoms with E-state index in [2.05, 4.69) is 20.4 Å². The van der Waals surface area contributed by atoms with E-state index in [-0.39, 0.29) is 18.4 Å². The van der Waals surface area contributed by atoms with Gasteiger partial charge in [0.15, 0.2) is 5.82 Å². The summed E-state index contributed by atoms with van der Waals surface area (Å²) in [6, 6.07) is 4.41. The fourth-order valence-electron chi connectivity index (χ4n) is 2.54. The van der Waals surface area contributed by atoms with Gasteiger partial charge in [0.1, 0.15) is 5.01 Å². The van der Waals surface area contributed by atoms with Gasteiger partial charge in [-0.25, -0.2) is 4.98 Å². The quantitative estimate of drug-likeness (QED) is 0.654. The molecular weight excluding hydrogens is 393 g/mol. The molecule has 0 bridgehead atoms. The smallest absolute Gasteiger partial charge is 0.346 e. The molecule has 6 nitrogen and oxygen atoms in total. The van der Waals surface area contributed by atoms with Gasteiger partial charge in [0.05, 0.1) is 23.7 Å². The summed E-state index contributed by atoms with van der Waals surface area (Å²) in [5, 5.41) is 8.92. The molecule has 1 atom stereocenters. The first-order valence-corrected chi connectivity index (χ1v) is 9.36. The van der Waals surface area contributed by atoms with E-state index in [1.165, 1.54) is 23.5 Å². The van der Waals surface area contributed by atoms with E-state index in [4.69, 9.17) is 4.52 Å². The predicted octanol–water partition coefficient (Wildman–Crippen LogP) is 4.33. The van der Waals surface area contributed by atoms with Gasteiger partial charge in [-0.15, -0.1) is 11.3 Å². The third-order valence-corrected chi connectivity index (χ3v) is 4.89. The summed E-state index contributed by atoms with van der Waals surface area (Å²) >= 11 is 1.27. The molecule has 0 saturated heterocycles. The van der Waals surface area contributed by atoms with Crippen LogP contribution in [0.25, 0.3) is 10.6 Å². The van der Waals surface area contributed by atoms with E-state index < -0.39 is 11.7 Å². The molecule has 28 heavy (non-hydrogen) atoms. The highest BCUT2D eigenvalue weighted by Gasteiger charge is 2.30. The van der Waals surface area contributed by atoms with Gasteiger partial charge < -0.3 is 9.84 Å². The molecule has 0 fully saturated rings. The summed E-state index contributed by atoms with van der Waals surface area (Å²) in [6.45, 7) is 3.56. The summed E-state index contributed by atoms with van der Waals surface area (Å²) in [5.41, 5.74) is 0.393. The van der Waals surface area contributed by atoms with Crippen molar-refractivity contribution in [3.05, 3.63) is 52.6 Å². The van der Waals surface area contributed by atoms with Crippen molar-refractivity contribution < 1.29 is 22.5 Å². The fraction of sp³-hybridized carbons (Fsp3) is 0.333. The second-order valence-corrected chi connectivity index (χ2v) is 6.95. The van der Waals surface area contributed by atoms with E-state index >= 15 is 0 Å². The molecule has 2 aromatic heterocycles. The molecule has 0 saturated carbocycles. The first-order valence-electron chi connectivity index (χ1n) is 8.48. The number of hydrogen-bond acceptors (Lipinski definition) is 6. The molecule has 0 unspecified atom stereocenters. The lowest BCUT2D eigenvalue weighted by Crippen LogP contribution is -2.30. The second kappa shape index (κ2) is 8.09. The van der Waals surface area contributed by atoms with Gasteiger partial charge in [-0.3, -0.25) is 4.79 Å². The first kappa shape index (κ1) is 20.0. The molecule has 0 radical (unpaired) electrons. The van der Waals surface area contributed by atoms with Crippen molar-refractivity contribution in [1.29, 1.82) is 0 Å². The van der Waals surface area contributed by atoms with E-state index in [0.717, 1.165) is 12.1 Å². The van der Waals surface area contributed by atoms with Crippen molar-refractivity contribution in [1.82, 2.24) is 20.4 Å². The van der Waals surface area contributed by atoms with Gasteiger partial charge in [-0.2, -0.15) is 18.2 Å². The number of aryl methyl sites for hydroxylation is 1. The maximum absolute atomic E-state index is 12.7. The van der Waals surface area contributed by atoms with Gasteiger partial charge in [0.25, 0.3) is 0 Å². The van der Waals surface area contributed by atoms with Crippen LogP contribution < -0.4 is 5.32 Å². The van der Waals surface area contributed by atoms with Crippen LogP contribution in [0.4, 0.5) is 13.2 Å². The first-order chi connectivity index (χ1) is 13.3. The van der Waals surface area contributed by atoms with Crippen LogP contribution >= 0.6 is 11.3 Å². The molecule has 0 aliphatic rings. The van der Waals surface area contributed by atoms with Crippen molar-refractivity contribution in [2.24, 2.45) is 0 Å². The zero-order chi connectivity index (χ0) is 20.3. The molecule has 2 heterocycles. The number of alkyl halides is 3. The maximum Gasteiger partial charge on any atom is 0.416 e. The highest BCUT2D eigenvalue weighted by Crippen LogP contribution is 2.31. The van der Waals surface area contributed by atoms with Crippen LogP contribution in [0.2, 0.25) is 0 Å². The Morgan fingerprint density at radius 3 is 2.54 bits per heavy atom. The van der Waals surface area contributed by atoms with Crippen molar-refractivity contribution in [3.63, 3.8) is 0 Å². The average molecular weight is 410 g/mol. The Morgan fingerprint density at radius 2 is 1.96 bits per heavy atom. The molecule has 0 aliphatic heterocycles. The number of benzene rings is 1. The van der Waals surface area contributed by atoms with Gasteiger partial charge >= 0.3 is 6.18 Å². The van der Waals surface area contributed by atoms with E-state index in [0.29, 0.717) is 34.4 Å². The number of nitrogens with zero attached hydrogens (tertiary/aromatic N) is 3. The van der Waals surface area contributed by atoms with Crippen molar-refractivity contribution in [2.75, 3.05) is 0 Å². The topological polar surface area (TPSA) is 80.9 Å². The molecule has 1 N–H and O–H groups in total. The number of nitrogens with one attached hydrogen (secondary N) is 1. The summed E-state index contributed by atoms with van der Waals surface area (Å²) in [7, 11) is 0. The van der Waals surface area contributed by atoms with E-state index in [1.54, 1.807) is 12.3 Å². The number of amides is 1. The fourth-order valence-corrected chi connectivity index (χ4v) is 3.36. The minimum absolute atomic E-state index is 0.0461. The van der Waals surface area contributed by atoms with Crippen LogP contribution in [0.1, 0.15) is 42.4 Å². The predicted molar refractivity (Wildman–Crippen MR) is 96.5 cm³/mol. The SMILES string of the molecule is CC[C@H](NC(=O)Cc1csc(-c2ccc(C(F)(F)F)cc2)n1)c1noc(C)n1. The van der Waals surface area contributed by atoms with E-state index in [9.17, 15) is 18.0 Å². The minimum Gasteiger partial charge on any atom is -0.346 e. The maximum atomic E-state index is 12.7. The van der Waals surface area contributed by atoms with Crippen molar-refractivity contribution in [2.45, 2.75) is 38.9 Å². The zero-order valence-corrected chi connectivity index (χ0v) is 15.9. The number of aromatic nitrogens is 3. The van der Waals surface area contributed by atoms with Gasteiger partial charge in [0.2, 0.25) is 11.8 Å². The number of hydrogen-bond donors (Lipinski definition) is 1. The van der Waals surface area contributed by atoms with Crippen molar-refractivity contribution in [3.8, 4) is 10.6 Å². The Hall–Kier alpha value is -2.75. The molecule has 1 aromatic carbocycles.